The van der Waals surface area contributed by atoms with Crippen LogP contribution in [0.2, 0.25) is 5.02 Å². The van der Waals surface area contributed by atoms with Crippen molar-refractivity contribution >= 4 is 23.4 Å². The van der Waals surface area contributed by atoms with E-state index < -0.39 is 12.1 Å². The third-order valence-corrected chi connectivity index (χ3v) is 5.14. The van der Waals surface area contributed by atoms with Gasteiger partial charge in [0.2, 0.25) is 0 Å². The van der Waals surface area contributed by atoms with Gasteiger partial charge in [-0.3, -0.25) is 4.79 Å². The average molecular weight is 399 g/mol. The molecular weight excluding hydrogens is 376 g/mol. The minimum atomic E-state index is -0.974. The first-order valence-corrected chi connectivity index (χ1v) is 9.88. The zero-order chi connectivity index (χ0) is 19.9. The fraction of sp³-hybridized carbons (Fsp3) is 0.304. The highest BCUT2D eigenvalue weighted by Crippen LogP contribution is 2.24. The molecule has 0 saturated carbocycles. The largest absolute Gasteiger partial charge is 0.479 e. The highest BCUT2D eigenvalue weighted by Gasteiger charge is 2.20. The fourth-order valence-electron chi connectivity index (χ4n) is 3.30. The highest BCUT2D eigenvalue weighted by atomic mass is 35.5. The average Bonchev–Trinajstić information content (AvgIpc) is 2.72. The second-order valence-electron chi connectivity index (χ2n) is 6.95. The molecule has 28 heavy (non-hydrogen) atoms. The van der Waals surface area contributed by atoms with Gasteiger partial charge in [-0.25, -0.2) is 4.79 Å². The molecule has 2 aromatic rings. The van der Waals surface area contributed by atoms with E-state index >= 15 is 0 Å². The third-order valence-electron chi connectivity index (χ3n) is 4.89. The molecule has 2 aromatic carbocycles. The zero-order valence-electron chi connectivity index (χ0n) is 15.6. The number of benzene rings is 2. The highest BCUT2D eigenvalue weighted by molar-refractivity contribution is 6.30. The van der Waals surface area contributed by atoms with Gasteiger partial charge in [0.05, 0.1) is 0 Å². The predicted octanol–water partition coefficient (Wildman–Crippen LogP) is 5.68. The van der Waals surface area contributed by atoms with Crippen molar-refractivity contribution in [1.29, 1.82) is 0 Å². The van der Waals surface area contributed by atoms with Crippen molar-refractivity contribution in [3.63, 3.8) is 0 Å². The van der Waals surface area contributed by atoms with Gasteiger partial charge in [0.25, 0.3) is 0 Å². The number of allylic oxidation sites excluding steroid dienone is 2. The van der Waals surface area contributed by atoms with Gasteiger partial charge in [-0.15, -0.1) is 0 Å². The molecule has 0 fully saturated rings. The molecule has 1 unspecified atom stereocenters. The summed E-state index contributed by atoms with van der Waals surface area (Å²) < 4.78 is 5.67. The van der Waals surface area contributed by atoms with Crippen LogP contribution in [-0.4, -0.2) is 23.0 Å². The summed E-state index contributed by atoms with van der Waals surface area (Å²) in [6.45, 7) is 0. The van der Waals surface area contributed by atoms with Crippen molar-refractivity contribution in [1.82, 2.24) is 0 Å². The van der Waals surface area contributed by atoms with Crippen molar-refractivity contribution in [2.75, 3.05) is 0 Å². The Kier molecular flexibility index (Phi) is 6.88. The Hall–Kier alpha value is -2.59. The SMILES string of the molecule is O=C(c1ccc(Cl)cc1)c1ccc(OC(CCC2=CCCCC2)C(=O)O)cc1. The van der Waals surface area contributed by atoms with Crippen LogP contribution in [0.5, 0.6) is 5.75 Å². The summed E-state index contributed by atoms with van der Waals surface area (Å²) in [6.07, 6.45) is 7.01. The van der Waals surface area contributed by atoms with E-state index in [2.05, 4.69) is 6.08 Å². The Balaban J connectivity index is 1.62. The van der Waals surface area contributed by atoms with Crippen molar-refractivity contribution < 1.29 is 19.4 Å². The van der Waals surface area contributed by atoms with Gasteiger partial charge < -0.3 is 9.84 Å². The van der Waals surface area contributed by atoms with E-state index in [9.17, 15) is 14.7 Å². The van der Waals surface area contributed by atoms with Gasteiger partial charge in [-0.1, -0.05) is 23.3 Å². The Morgan fingerprint density at radius 1 is 1.00 bits per heavy atom. The van der Waals surface area contributed by atoms with Crippen LogP contribution in [0.25, 0.3) is 0 Å². The number of hydrogen-bond acceptors (Lipinski definition) is 3. The summed E-state index contributed by atoms with van der Waals surface area (Å²) in [5.74, 6) is -0.655. The van der Waals surface area contributed by atoms with E-state index in [-0.39, 0.29) is 5.78 Å². The lowest BCUT2D eigenvalue weighted by atomic mass is 9.95. The van der Waals surface area contributed by atoms with E-state index in [0.717, 1.165) is 19.3 Å². The second kappa shape index (κ2) is 9.56. The summed E-state index contributed by atoms with van der Waals surface area (Å²) in [4.78, 5) is 24.0. The van der Waals surface area contributed by atoms with E-state index in [1.165, 1.54) is 18.4 Å². The zero-order valence-corrected chi connectivity index (χ0v) is 16.3. The summed E-state index contributed by atoms with van der Waals surface area (Å²) in [5.41, 5.74) is 2.38. The molecule has 1 atom stereocenters. The molecule has 5 heteroatoms. The maximum absolute atomic E-state index is 12.5. The maximum atomic E-state index is 12.5. The molecule has 0 aromatic heterocycles. The van der Waals surface area contributed by atoms with Gasteiger partial charge in [0, 0.05) is 16.1 Å². The number of carboxylic acid groups (broad SMARTS) is 1. The quantitative estimate of drug-likeness (QED) is 0.458. The molecule has 0 radical (unpaired) electrons. The number of carbonyl (C=O) groups excluding carboxylic acids is 1. The molecule has 3 rings (SSSR count). The number of hydrogen-bond donors (Lipinski definition) is 1. The van der Waals surface area contributed by atoms with E-state index in [4.69, 9.17) is 16.3 Å². The van der Waals surface area contributed by atoms with Crippen LogP contribution in [-0.2, 0) is 4.79 Å². The lowest BCUT2D eigenvalue weighted by Gasteiger charge is -2.18. The Morgan fingerprint density at radius 2 is 1.64 bits per heavy atom. The van der Waals surface area contributed by atoms with Crippen LogP contribution in [0, 0.1) is 0 Å². The standard InChI is InChI=1S/C23H23ClO4/c24-19-11-7-17(8-12-19)22(25)18-9-13-20(14-10-18)28-21(23(26)27)15-6-16-4-2-1-3-5-16/h4,7-14,21H,1-3,5-6,15H2,(H,26,27). The summed E-state index contributed by atoms with van der Waals surface area (Å²) >= 11 is 5.85. The lowest BCUT2D eigenvalue weighted by molar-refractivity contribution is -0.145. The van der Waals surface area contributed by atoms with Crippen molar-refractivity contribution in [3.8, 4) is 5.75 Å². The Bertz CT molecular complexity index is 853. The molecule has 146 valence electrons. The monoisotopic (exact) mass is 398 g/mol. The number of ketones is 1. The van der Waals surface area contributed by atoms with Crippen LogP contribution in [0.3, 0.4) is 0 Å². The van der Waals surface area contributed by atoms with Crippen molar-refractivity contribution in [2.24, 2.45) is 0 Å². The van der Waals surface area contributed by atoms with Crippen LogP contribution in [0.1, 0.15) is 54.4 Å². The van der Waals surface area contributed by atoms with Gasteiger partial charge in [-0.05, 0) is 87.1 Å². The smallest absolute Gasteiger partial charge is 0.344 e. The van der Waals surface area contributed by atoms with Gasteiger partial charge in [0.1, 0.15) is 5.75 Å². The Labute approximate surface area is 169 Å². The van der Waals surface area contributed by atoms with E-state index in [1.54, 1.807) is 48.5 Å². The van der Waals surface area contributed by atoms with Crippen LogP contribution < -0.4 is 4.74 Å². The summed E-state index contributed by atoms with van der Waals surface area (Å²) in [7, 11) is 0. The topological polar surface area (TPSA) is 63.6 Å². The number of carboxylic acids is 1. The molecule has 0 spiro atoms. The molecule has 1 aliphatic rings. The third kappa shape index (κ3) is 5.46. The molecule has 0 aliphatic heterocycles. The second-order valence-corrected chi connectivity index (χ2v) is 7.39. The summed E-state index contributed by atoms with van der Waals surface area (Å²) in [5, 5.41) is 10.0. The number of ether oxygens (including phenoxy) is 1. The van der Waals surface area contributed by atoms with Crippen molar-refractivity contribution in [3.05, 3.63) is 76.3 Å². The first-order valence-electron chi connectivity index (χ1n) is 9.50. The first kappa shape index (κ1) is 20.2. The molecule has 4 nitrogen and oxygen atoms in total. The molecule has 0 bridgehead atoms. The maximum Gasteiger partial charge on any atom is 0.344 e. The van der Waals surface area contributed by atoms with Crippen LogP contribution in [0.15, 0.2) is 60.2 Å². The predicted molar refractivity (Wildman–Crippen MR) is 109 cm³/mol. The number of halogens is 1. The van der Waals surface area contributed by atoms with Gasteiger partial charge >= 0.3 is 5.97 Å². The molecular formula is C23H23ClO4. The molecule has 1 N–H and O–H groups in total. The molecule has 1 aliphatic carbocycles. The van der Waals surface area contributed by atoms with Crippen LogP contribution in [0.4, 0.5) is 0 Å². The minimum Gasteiger partial charge on any atom is -0.479 e. The van der Waals surface area contributed by atoms with Crippen molar-refractivity contribution in [2.45, 2.75) is 44.6 Å². The van der Waals surface area contributed by atoms with Gasteiger partial charge in [-0.2, -0.15) is 0 Å². The number of aliphatic carboxylic acids is 1. The minimum absolute atomic E-state index is 0.123. The number of rotatable bonds is 8. The first-order chi connectivity index (χ1) is 13.5. The molecule has 0 amide bonds. The van der Waals surface area contributed by atoms with E-state index in [0.29, 0.717) is 28.3 Å². The fourth-order valence-corrected chi connectivity index (χ4v) is 3.42. The molecule has 0 saturated heterocycles. The number of carbonyl (C=O) groups is 2. The lowest BCUT2D eigenvalue weighted by Crippen LogP contribution is -2.27. The molecule has 0 heterocycles. The summed E-state index contributed by atoms with van der Waals surface area (Å²) in [6, 6.07) is 13.3. The van der Waals surface area contributed by atoms with Gasteiger partial charge in [0.15, 0.2) is 11.9 Å². The Morgan fingerprint density at radius 3 is 2.21 bits per heavy atom. The van der Waals surface area contributed by atoms with Crippen LogP contribution >= 0.6 is 11.6 Å². The van der Waals surface area contributed by atoms with E-state index in [1.807, 2.05) is 0 Å². The normalized spacial score (nSPS) is 14.8.